The van der Waals surface area contributed by atoms with E-state index in [1.165, 1.54) is 4.88 Å². The highest BCUT2D eigenvalue weighted by molar-refractivity contribution is 9.10. The average Bonchev–Trinajstić information content (AvgIpc) is 3.07. The summed E-state index contributed by atoms with van der Waals surface area (Å²) in [6.07, 6.45) is 0. The molecule has 0 aromatic carbocycles. The summed E-state index contributed by atoms with van der Waals surface area (Å²) in [6, 6.07) is 4.24. The molecule has 3 aromatic heterocycles. The fraction of sp³-hybridized carbons (Fsp3) is 0.286. The van der Waals surface area contributed by atoms with Crippen LogP contribution in [0.1, 0.15) is 11.8 Å². The van der Waals surface area contributed by atoms with Crippen LogP contribution >= 0.6 is 38.6 Å². The van der Waals surface area contributed by atoms with Crippen molar-refractivity contribution in [3.8, 4) is 0 Å². The molecule has 110 valence electrons. The van der Waals surface area contributed by atoms with Gasteiger partial charge in [-0.1, -0.05) is 0 Å². The van der Waals surface area contributed by atoms with Crippen LogP contribution in [0.5, 0.6) is 0 Å². The molecule has 0 aliphatic carbocycles. The van der Waals surface area contributed by atoms with Crippen molar-refractivity contribution in [2.24, 2.45) is 0 Å². The molecule has 0 aliphatic heterocycles. The lowest BCUT2D eigenvalue weighted by Crippen LogP contribution is -2.18. The summed E-state index contributed by atoms with van der Waals surface area (Å²) in [4.78, 5) is 13.7. The molecule has 7 heteroatoms. The fourth-order valence-electron chi connectivity index (χ4n) is 2.11. The highest BCUT2D eigenvalue weighted by Crippen LogP contribution is 2.30. The van der Waals surface area contributed by atoms with E-state index in [1.54, 1.807) is 22.7 Å². The first kappa shape index (κ1) is 14.7. The Kier molecular flexibility index (Phi) is 4.42. The summed E-state index contributed by atoms with van der Waals surface area (Å²) < 4.78 is 1.13. The van der Waals surface area contributed by atoms with Gasteiger partial charge >= 0.3 is 0 Å². The zero-order chi connectivity index (χ0) is 14.8. The molecule has 21 heavy (non-hydrogen) atoms. The Labute approximate surface area is 140 Å². The minimum Gasteiger partial charge on any atom is -0.354 e. The van der Waals surface area contributed by atoms with Crippen LogP contribution in [0.4, 0.5) is 11.8 Å². The number of rotatable bonds is 5. The molecule has 0 saturated carbocycles. The standard InChI is InChI=1S/C14H15BrN4S2/c1-3-16-14-17-12(11-4-5-20-13(11)18-14)19(2)7-10-6-9(15)8-21-10/h4-6,8H,3,7H2,1-2H3,(H,16,17,18). The van der Waals surface area contributed by atoms with Gasteiger partial charge in [-0.2, -0.15) is 4.98 Å². The van der Waals surface area contributed by atoms with Crippen molar-refractivity contribution in [3.05, 3.63) is 32.2 Å². The lowest BCUT2D eigenvalue weighted by Gasteiger charge is -2.19. The van der Waals surface area contributed by atoms with Crippen molar-refractivity contribution >= 4 is 60.6 Å². The Bertz CT molecular complexity index is 752. The van der Waals surface area contributed by atoms with Crippen molar-refractivity contribution in [2.75, 3.05) is 23.8 Å². The number of aromatic nitrogens is 2. The predicted molar refractivity (Wildman–Crippen MR) is 95.7 cm³/mol. The molecular formula is C14H15BrN4S2. The Hall–Kier alpha value is -1.18. The molecule has 3 rings (SSSR count). The third-order valence-electron chi connectivity index (χ3n) is 3.02. The molecule has 0 radical (unpaired) electrons. The normalized spacial score (nSPS) is 11.0. The van der Waals surface area contributed by atoms with Gasteiger partial charge in [0.2, 0.25) is 5.95 Å². The molecule has 3 heterocycles. The Morgan fingerprint density at radius 2 is 2.19 bits per heavy atom. The van der Waals surface area contributed by atoms with Gasteiger partial charge in [-0.25, -0.2) is 4.98 Å². The van der Waals surface area contributed by atoms with Gasteiger partial charge in [-0.05, 0) is 40.4 Å². The minimum absolute atomic E-state index is 0.696. The first-order valence-electron chi connectivity index (χ1n) is 6.60. The van der Waals surface area contributed by atoms with Crippen molar-refractivity contribution in [1.29, 1.82) is 0 Å². The van der Waals surface area contributed by atoms with Crippen LogP contribution in [-0.2, 0) is 6.54 Å². The molecule has 0 amide bonds. The summed E-state index contributed by atoms with van der Waals surface area (Å²) in [6.45, 7) is 3.70. The van der Waals surface area contributed by atoms with Gasteiger partial charge < -0.3 is 10.2 Å². The molecule has 0 spiro atoms. The van der Waals surface area contributed by atoms with E-state index in [1.807, 2.05) is 0 Å². The maximum atomic E-state index is 4.67. The predicted octanol–water partition coefficient (Wildman–Crippen LogP) is 4.58. The third kappa shape index (κ3) is 3.20. The number of nitrogens with zero attached hydrogens (tertiary/aromatic N) is 3. The first-order chi connectivity index (χ1) is 10.2. The van der Waals surface area contributed by atoms with Crippen LogP contribution in [0.2, 0.25) is 0 Å². The Morgan fingerprint density at radius 3 is 2.90 bits per heavy atom. The summed E-state index contributed by atoms with van der Waals surface area (Å²) in [5.74, 6) is 1.67. The first-order valence-corrected chi connectivity index (χ1v) is 9.15. The topological polar surface area (TPSA) is 41.1 Å². The molecular weight excluding hydrogens is 368 g/mol. The molecule has 0 saturated heterocycles. The second-order valence-electron chi connectivity index (χ2n) is 4.63. The highest BCUT2D eigenvalue weighted by Gasteiger charge is 2.13. The zero-order valence-electron chi connectivity index (χ0n) is 11.8. The zero-order valence-corrected chi connectivity index (χ0v) is 15.0. The SMILES string of the molecule is CCNc1nc(N(C)Cc2cc(Br)cs2)c2ccsc2n1. The molecule has 0 bridgehead atoms. The lowest BCUT2D eigenvalue weighted by molar-refractivity contribution is 0.914. The largest absolute Gasteiger partial charge is 0.354 e. The number of thiophene rings is 2. The van der Waals surface area contributed by atoms with Gasteiger partial charge in [-0.15, -0.1) is 22.7 Å². The van der Waals surface area contributed by atoms with Crippen LogP contribution in [0.25, 0.3) is 10.2 Å². The van der Waals surface area contributed by atoms with E-state index in [4.69, 9.17) is 0 Å². The highest BCUT2D eigenvalue weighted by atomic mass is 79.9. The van der Waals surface area contributed by atoms with Gasteiger partial charge in [0.1, 0.15) is 10.6 Å². The van der Waals surface area contributed by atoms with Crippen LogP contribution < -0.4 is 10.2 Å². The molecule has 0 atom stereocenters. The van der Waals surface area contributed by atoms with Crippen molar-refractivity contribution < 1.29 is 0 Å². The maximum Gasteiger partial charge on any atom is 0.226 e. The number of hydrogen-bond acceptors (Lipinski definition) is 6. The van der Waals surface area contributed by atoms with E-state index in [9.17, 15) is 0 Å². The molecule has 0 unspecified atom stereocenters. The van der Waals surface area contributed by atoms with E-state index < -0.39 is 0 Å². The van der Waals surface area contributed by atoms with Crippen molar-refractivity contribution in [1.82, 2.24) is 9.97 Å². The van der Waals surface area contributed by atoms with Gasteiger partial charge in [0.05, 0.1) is 11.9 Å². The minimum atomic E-state index is 0.696. The van der Waals surface area contributed by atoms with Gasteiger partial charge in [0, 0.05) is 28.3 Å². The van der Waals surface area contributed by atoms with Gasteiger partial charge in [0.25, 0.3) is 0 Å². The second-order valence-corrected chi connectivity index (χ2v) is 7.43. The van der Waals surface area contributed by atoms with Crippen LogP contribution in [0, 0.1) is 0 Å². The maximum absolute atomic E-state index is 4.67. The number of halogens is 1. The Morgan fingerprint density at radius 1 is 1.33 bits per heavy atom. The van der Waals surface area contributed by atoms with E-state index in [2.05, 4.69) is 73.0 Å². The van der Waals surface area contributed by atoms with Crippen molar-refractivity contribution in [2.45, 2.75) is 13.5 Å². The molecule has 4 nitrogen and oxygen atoms in total. The number of nitrogens with one attached hydrogen (secondary N) is 1. The van der Waals surface area contributed by atoms with Crippen LogP contribution in [-0.4, -0.2) is 23.6 Å². The summed E-state index contributed by atoms with van der Waals surface area (Å²) >= 11 is 6.90. The number of anilines is 2. The lowest BCUT2D eigenvalue weighted by atomic mass is 10.3. The molecule has 3 aromatic rings. The van der Waals surface area contributed by atoms with Crippen molar-refractivity contribution in [3.63, 3.8) is 0 Å². The van der Waals surface area contributed by atoms with E-state index in [-0.39, 0.29) is 0 Å². The van der Waals surface area contributed by atoms with E-state index in [0.29, 0.717) is 5.95 Å². The van der Waals surface area contributed by atoms with Crippen LogP contribution in [0.15, 0.2) is 27.4 Å². The molecule has 0 fully saturated rings. The quantitative estimate of drug-likeness (QED) is 0.700. The second kappa shape index (κ2) is 6.29. The van der Waals surface area contributed by atoms with E-state index >= 15 is 0 Å². The summed E-state index contributed by atoms with van der Waals surface area (Å²) in [5, 5.41) is 8.48. The van der Waals surface area contributed by atoms with Gasteiger partial charge in [0.15, 0.2) is 0 Å². The number of fused-ring (bicyclic) bond motifs is 1. The summed E-state index contributed by atoms with van der Waals surface area (Å²) in [5.41, 5.74) is 0. The van der Waals surface area contributed by atoms with Gasteiger partial charge in [-0.3, -0.25) is 0 Å². The Balaban J connectivity index is 1.95. The summed E-state index contributed by atoms with van der Waals surface area (Å²) in [7, 11) is 2.07. The van der Waals surface area contributed by atoms with E-state index in [0.717, 1.165) is 33.6 Å². The van der Waals surface area contributed by atoms with Crippen LogP contribution in [0.3, 0.4) is 0 Å². The average molecular weight is 383 g/mol. The monoisotopic (exact) mass is 382 g/mol. The smallest absolute Gasteiger partial charge is 0.226 e. The fourth-order valence-corrected chi connectivity index (χ4v) is 4.38. The molecule has 1 N–H and O–H groups in total. The molecule has 0 aliphatic rings. The number of hydrogen-bond donors (Lipinski definition) is 1. The third-order valence-corrected chi connectivity index (χ3v) is 5.51.